The average Bonchev–Trinajstić information content (AvgIpc) is 3.83. The van der Waals surface area contributed by atoms with Crippen LogP contribution in [0.2, 0.25) is 0 Å². The molecule has 0 aromatic heterocycles. The third kappa shape index (κ3) is 7.93. The Hall–Kier alpha value is -5.31. The Morgan fingerprint density at radius 2 is 1.85 bits per heavy atom. The van der Waals surface area contributed by atoms with Crippen molar-refractivity contribution >= 4 is 47.6 Å². The molecule has 2 aromatic carbocycles. The molecule has 3 aliphatic heterocycles. The third-order valence-electron chi connectivity index (χ3n) is 10.6. The van der Waals surface area contributed by atoms with Crippen LogP contribution in [0.5, 0.6) is 0 Å². The number of carbonyl (C=O) groups is 5. The minimum absolute atomic E-state index is 0.000225. The highest BCUT2D eigenvalue weighted by Gasteiger charge is 2.50. The zero-order chi connectivity index (χ0) is 36.8. The van der Waals surface area contributed by atoms with E-state index in [1.807, 2.05) is 18.2 Å². The molecule has 2 saturated heterocycles. The number of ether oxygens (including phenoxy) is 2. The number of nitrogens with one attached hydrogen (secondary N) is 5. The van der Waals surface area contributed by atoms with Gasteiger partial charge in [-0.2, -0.15) is 0 Å². The fraction of sp³-hybridized carbons (Fsp3) is 0.486. The molecule has 1 radical (unpaired) electrons. The van der Waals surface area contributed by atoms with E-state index >= 15 is 0 Å². The number of benzene rings is 2. The molecule has 2 bridgehead atoms. The number of amides is 3. The number of hydrogen-bond acceptors (Lipinski definition) is 10. The number of hydrogen-bond donors (Lipinski definition) is 6. The summed E-state index contributed by atoms with van der Waals surface area (Å²) < 4.78 is 10.8. The summed E-state index contributed by atoms with van der Waals surface area (Å²) in [6.45, 7) is 1.53. The Labute approximate surface area is 301 Å². The molecule has 4 aliphatic rings. The maximum Gasteiger partial charge on any atom is 0.418 e. The first kappa shape index (κ1) is 36.5. The monoisotopic (exact) mass is 714 g/mol. The fourth-order valence-electron chi connectivity index (χ4n) is 8.12. The smallest absolute Gasteiger partial charge is 0.418 e. The SMILES string of the molecule is N=C(N)NCCC[C@H](NC(=O)[C@@H]1C(C(=O)C2CC3CCCCC3N2)CCN1C(=O)OCc1ccccc1)C(=O)C(O[C]=O)c1c2cccc1C(=O)N2. The summed E-state index contributed by atoms with van der Waals surface area (Å²) in [4.78, 5) is 82.0. The first-order valence-electron chi connectivity index (χ1n) is 17.8. The van der Waals surface area contributed by atoms with Crippen molar-refractivity contribution in [1.82, 2.24) is 20.9 Å². The zero-order valence-electron chi connectivity index (χ0n) is 28.7. The topological polar surface area (TPSA) is 222 Å². The van der Waals surface area contributed by atoms with Gasteiger partial charge in [-0.1, -0.05) is 49.2 Å². The second-order valence-electron chi connectivity index (χ2n) is 13.8. The number of carbonyl (C=O) groups excluding carboxylic acids is 6. The van der Waals surface area contributed by atoms with E-state index in [-0.39, 0.29) is 73.6 Å². The second kappa shape index (κ2) is 16.4. The van der Waals surface area contributed by atoms with Crippen LogP contribution < -0.4 is 27.0 Å². The maximum atomic E-state index is 14.4. The Bertz CT molecular complexity index is 1690. The lowest BCUT2D eigenvalue weighted by Gasteiger charge is -2.30. The Balaban J connectivity index is 1.27. The molecule has 1 saturated carbocycles. The highest BCUT2D eigenvalue weighted by atomic mass is 16.6. The lowest BCUT2D eigenvalue weighted by atomic mass is 9.83. The van der Waals surface area contributed by atoms with Gasteiger partial charge < -0.3 is 36.5 Å². The standard InChI is InChI=1S/C37H44N7O8/c38-36(39)40-16-7-14-27(32(47)33(52-20-45)29-23-11-6-13-26(29)42-34(23)48)43-35(49)30-24(31(46)28-18-22-10-4-5-12-25(22)41-28)15-17-44(30)37(50)51-19-21-8-2-1-3-9-21/h1-3,6,8-9,11,13,22,24-25,27-28,30,33,41H,4-5,7,10,12,14-19H2,(H,42,48)(H,43,49)(H4,38,39,40)/t22?,24?,25?,27-,28?,30-,33?/m0/s1. The van der Waals surface area contributed by atoms with Gasteiger partial charge in [0.2, 0.25) is 5.91 Å². The van der Waals surface area contributed by atoms with Crippen LogP contribution in [0, 0.1) is 17.2 Å². The minimum atomic E-state index is -1.60. The van der Waals surface area contributed by atoms with E-state index in [1.54, 1.807) is 24.3 Å². The molecular weight excluding hydrogens is 670 g/mol. The highest BCUT2D eigenvalue weighted by molar-refractivity contribution is 6.13. The van der Waals surface area contributed by atoms with Gasteiger partial charge in [0.05, 0.1) is 18.0 Å². The summed E-state index contributed by atoms with van der Waals surface area (Å²) in [6.07, 6.45) is 2.96. The van der Waals surface area contributed by atoms with Gasteiger partial charge in [0, 0.05) is 35.9 Å². The number of Topliss-reactive ketones (excluding diaryl/α,β-unsaturated/α-hetero) is 2. The molecule has 15 nitrogen and oxygen atoms in total. The summed E-state index contributed by atoms with van der Waals surface area (Å²) in [5.74, 6) is -2.91. The van der Waals surface area contributed by atoms with E-state index in [0.717, 1.165) is 31.2 Å². The van der Waals surface area contributed by atoms with Gasteiger partial charge >= 0.3 is 12.6 Å². The molecule has 3 amide bonds. The van der Waals surface area contributed by atoms with Crippen molar-refractivity contribution in [2.75, 3.05) is 18.4 Å². The third-order valence-corrected chi connectivity index (χ3v) is 10.6. The van der Waals surface area contributed by atoms with Crippen molar-refractivity contribution in [1.29, 1.82) is 5.41 Å². The summed E-state index contributed by atoms with van der Waals surface area (Å²) >= 11 is 0. The number of anilines is 1. The van der Waals surface area contributed by atoms with Crippen molar-refractivity contribution in [3.63, 3.8) is 0 Å². The predicted octanol–water partition coefficient (Wildman–Crippen LogP) is 2.21. The molecule has 275 valence electrons. The number of nitrogens with zero attached hydrogens (tertiary/aromatic N) is 1. The quantitative estimate of drug-likeness (QED) is 0.0892. The number of rotatable bonds is 15. The van der Waals surface area contributed by atoms with Crippen LogP contribution >= 0.6 is 0 Å². The molecule has 2 aromatic rings. The number of fused-ring (bicyclic) bond motifs is 3. The van der Waals surface area contributed by atoms with Gasteiger partial charge in [-0.25, -0.2) is 9.59 Å². The summed E-state index contributed by atoms with van der Waals surface area (Å²) in [5, 5.41) is 19.1. The van der Waals surface area contributed by atoms with E-state index in [1.165, 1.54) is 17.4 Å². The average molecular weight is 715 g/mol. The molecule has 5 unspecified atom stereocenters. The van der Waals surface area contributed by atoms with Gasteiger partial charge in [0.25, 0.3) is 5.91 Å². The van der Waals surface area contributed by atoms with Crippen molar-refractivity contribution in [3.05, 3.63) is 65.2 Å². The minimum Gasteiger partial charge on any atom is -0.445 e. The van der Waals surface area contributed by atoms with Gasteiger partial charge in [-0.3, -0.25) is 29.5 Å². The van der Waals surface area contributed by atoms with Gasteiger partial charge in [0.1, 0.15) is 12.6 Å². The summed E-state index contributed by atoms with van der Waals surface area (Å²) in [6, 6.07) is 10.9. The molecule has 3 heterocycles. The molecule has 3 fully saturated rings. The van der Waals surface area contributed by atoms with Gasteiger partial charge in [-0.15, -0.1) is 0 Å². The highest BCUT2D eigenvalue weighted by Crippen LogP contribution is 2.38. The van der Waals surface area contributed by atoms with Gasteiger partial charge in [-0.05, 0) is 62.1 Å². The van der Waals surface area contributed by atoms with Crippen molar-refractivity contribution in [3.8, 4) is 0 Å². The largest absolute Gasteiger partial charge is 0.445 e. The van der Waals surface area contributed by atoms with Crippen LogP contribution in [-0.2, 0) is 35.3 Å². The van der Waals surface area contributed by atoms with Crippen LogP contribution in [0.15, 0.2) is 48.5 Å². The summed E-state index contributed by atoms with van der Waals surface area (Å²) in [5.41, 5.74) is 6.72. The Morgan fingerprint density at radius 3 is 2.58 bits per heavy atom. The lowest BCUT2D eigenvalue weighted by molar-refractivity contribution is -0.136. The first-order chi connectivity index (χ1) is 25.2. The molecule has 1 aliphatic carbocycles. The normalized spacial score (nSPS) is 24.2. The van der Waals surface area contributed by atoms with E-state index in [9.17, 15) is 28.8 Å². The fourth-order valence-corrected chi connectivity index (χ4v) is 8.12. The second-order valence-corrected chi connectivity index (χ2v) is 13.8. The van der Waals surface area contributed by atoms with E-state index in [0.29, 0.717) is 12.3 Å². The van der Waals surface area contributed by atoms with E-state index in [4.69, 9.17) is 20.6 Å². The molecule has 15 heteroatoms. The molecule has 7 N–H and O–H groups in total. The van der Waals surface area contributed by atoms with Crippen LogP contribution in [0.25, 0.3) is 0 Å². The predicted molar refractivity (Wildman–Crippen MR) is 188 cm³/mol. The molecule has 52 heavy (non-hydrogen) atoms. The zero-order valence-corrected chi connectivity index (χ0v) is 28.7. The Kier molecular flexibility index (Phi) is 11.5. The summed E-state index contributed by atoms with van der Waals surface area (Å²) in [7, 11) is 0. The van der Waals surface area contributed by atoms with Crippen LogP contribution in [0.1, 0.15) is 79.0 Å². The van der Waals surface area contributed by atoms with Crippen LogP contribution in [0.4, 0.5) is 10.5 Å². The first-order valence-corrected chi connectivity index (χ1v) is 17.8. The van der Waals surface area contributed by atoms with Gasteiger partial charge in [0.15, 0.2) is 23.6 Å². The van der Waals surface area contributed by atoms with Crippen molar-refractivity contribution < 1.29 is 38.2 Å². The number of nitrogens with two attached hydrogens (primary N) is 1. The van der Waals surface area contributed by atoms with E-state index < -0.39 is 53.8 Å². The lowest BCUT2D eigenvalue weighted by Crippen LogP contribution is -2.55. The number of ketones is 2. The van der Waals surface area contributed by atoms with E-state index in [2.05, 4.69) is 21.3 Å². The number of guanidine groups is 1. The molecule has 0 spiro atoms. The molecule has 7 atom stereocenters. The molecular formula is C37H44N7O8. The number of likely N-dealkylation sites (tertiary alicyclic amines) is 1. The molecule has 6 rings (SSSR count). The Morgan fingerprint density at radius 1 is 1.06 bits per heavy atom. The van der Waals surface area contributed by atoms with Crippen LogP contribution in [0.3, 0.4) is 0 Å². The maximum absolute atomic E-state index is 14.4. The van der Waals surface area contributed by atoms with Crippen LogP contribution in [-0.4, -0.2) is 84.1 Å². The van der Waals surface area contributed by atoms with Crippen molar-refractivity contribution in [2.24, 2.45) is 17.6 Å². The van der Waals surface area contributed by atoms with Crippen molar-refractivity contribution in [2.45, 2.75) is 88.2 Å².